The molecule has 2 aromatic carbocycles. The molecule has 0 heterocycles. The molecule has 0 N–H and O–H groups in total. The molecular weight excluding hydrogens is 316 g/mol. The van der Waals surface area contributed by atoms with Crippen LogP contribution < -0.4 is 0 Å². The van der Waals surface area contributed by atoms with E-state index in [0.717, 1.165) is 12.8 Å². The first-order valence-electron chi connectivity index (χ1n) is 9.40. The second kappa shape index (κ2) is 5.57. The van der Waals surface area contributed by atoms with Crippen LogP contribution in [0.5, 0.6) is 0 Å². The largest absolute Gasteiger partial charge is 0.113 e. The molecule has 2 aliphatic rings. The summed E-state index contributed by atoms with van der Waals surface area (Å²) in [5, 5.41) is 3.40. The average molecular weight is 345 g/mol. The van der Waals surface area contributed by atoms with E-state index < -0.39 is 8.07 Å². The van der Waals surface area contributed by atoms with Crippen molar-refractivity contribution in [1.29, 1.82) is 0 Å². The summed E-state index contributed by atoms with van der Waals surface area (Å²) in [5.41, 5.74) is 12.3. The Kier molecular flexibility index (Phi) is 3.70. The number of allylic oxidation sites excluding steroid dienone is 2. The number of rotatable bonds is 2. The Morgan fingerprint density at radius 2 is 1.04 bits per heavy atom. The van der Waals surface area contributed by atoms with Crippen molar-refractivity contribution in [3.8, 4) is 0 Å². The molecule has 0 atom stereocenters. The van der Waals surface area contributed by atoms with Crippen LogP contribution in [0.3, 0.4) is 0 Å². The fourth-order valence-corrected chi connectivity index (χ4v) is 9.99. The van der Waals surface area contributed by atoms with Gasteiger partial charge in [-0.15, -0.1) is 0 Å². The zero-order valence-corrected chi connectivity index (χ0v) is 17.4. The van der Waals surface area contributed by atoms with Crippen molar-refractivity contribution < 1.29 is 0 Å². The van der Waals surface area contributed by atoms with Gasteiger partial charge in [0.15, 0.2) is 0 Å². The van der Waals surface area contributed by atoms with Crippen molar-refractivity contribution in [3.63, 3.8) is 0 Å². The summed E-state index contributed by atoms with van der Waals surface area (Å²) < 4.78 is 0. The maximum Gasteiger partial charge on any atom is 0.113 e. The standard InChI is InChI=1S/C24H28Si/c1-15-9-7-11-19-13-17(3)23(21(15)19)25(5,6)24-18(4)14-20-12-8-10-16(2)22(20)24/h7-12H,13-14H2,1-6H3. The minimum Gasteiger partial charge on any atom is -0.0686 e. The van der Waals surface area contributed by atoms with E-state index in [-0.39, 0.29) is 0 Å². The van der Waals surface area contributed by atoms with Crippen LogP contribution in [0.4, 0.5) is 0 Å². The predicted octanol–water partition coefficient (Wildman–Crippen LogP) is 6.45. The van der Waals surface area contributed by atoms with Crippen LogP contribution in [-0.4, -0.2) is 8.07 Å². The van der Waals surface area contributed by atoms with E-state index in [1.807, 2.05) is 0 Å². The normalized spacial score (nSPS) is 16.6. The van der Waals surface area contributed by atoms with E-state index in [1.165, 1.54) is 22.3 Å². The summed E-state index contributed by atoms with van der Waals surface area (Å²) in [4.78, 5) is 0. The van der Waals surface area contributed by atoms with Gasteiger partial charge in [-0.1, -0.05) is 60.6 Å². The average Bonchev–Trinajstić information content (AvgIpc) is 3.05. The van der Waals surface area contributed by atoms with Crippen LogP contribution in [0.15, 0.2) is 47.5 Å². The molecule has 128 valence electrons. The van der Waals surface area contributed by atoms with Gasteiger partial charge in [0, 0.05) is 0 Å². The second-order valence-electron chi connectivity index (χ2n) is 8.51. The molecule has 25 heavy (non-hydrogen) atoms. The van der Waals surface area contributed by atoms with Crippen LogP contribution in [-0.2, 0) is 12.8 Å². The fraction of sp³-hybridized carbons (Fsp3) is 0.333. The highest BCUT2D eigenvalue weighted by Gasteiger charge is 2.41. The van der Waals surface area contributed by atoms with Gasteiger partial charge in [-0.2, -0.15) is 0 Å². The predicted molar refractivity (Wildman–Crippen MR) is 112 cm³/mol. The first-order chi connectivity index (χ1) is 11.8. The van der Waals surface area contributed by atoms with E-state index in [0.29, 0.717) is 0 Å². The van der Waals surface area contributed by atoms with Crippen molar-refractivity contribution in [2.24, 2.45) is 0 Å². The van der Waals surface area contributed by atoms with Gasteiger partial charge in [-0.25, -0.2) is 0 Å². The first kappa shape index (κ1) is 16.6. The smallest absolute Gasteiger partial charge is 0.0686 e. The van der Waals surface area contributed by atoms with E-state index in [9.17, 15) is 0 Å². The summed E-state index contributed by atoms with van der Waals surface area (Å²) in [7, 11) is -1.77. The number of hydrogen-bond acceptors (Lipinski definition) is 0. The first-order valence-corrected chi connectivity index (χ1v) is 12.4. The number of aryl methyl sites for hydroxylation is 2. The highest BCUT2D eigenvalue weighted by atomic mass is 28.3. The van der Waals surface area contributed by atoms with Gasteiger partial charge in [0.1, 0.15) is 8.07 Å². The summed E-state index contributed by atoms with van der Waals surface area (Å²) in [6.45, 7) is 14.5. The molecule has 4 rings (SSSR count). The molecule has 0 bridgehead atoms. The summed E-state index contributed by atoms with van der Waals surface area (Å²) in [6, 6.07) is 13.7. The van der Waals surface area contributed by atoms with Crippen molar-refractivity contribution in [2.45, 2.75) is 53.6 Å². The van der Waals surface area contributed by atoms with Gasteiger partial charge in [-0.05, 0) is 84.3 Å². The number of benzene rings is 2. The topological polar surface area (TPSA) is 0 Å². The van der Waals surface area contributed by atoms with Crippen LogP contribution in [0, 0.1) is 13.8 Å². The quantitative estimate of drug-likeness (QED) is 0.549. The summed E-state index contributed by atoms with van der Waals surface area (Å²) >= 11 is 0. The Balaban J connectivity index is 1.94. The highest BCUT2D eigenvalue weighted by Crippen LogP contribution is 2.49. The molecular formula is C24H28Si. The van der Waals surface area contributed by atoms with E-state index >= 15 is 0 Å². The molecule has 0 saturated carbocycles. The Bertz CT molecular complexity index is 877. The molecule has 1 heteroatoms. The molecule has 0 aliphatic heterocycles. The number of hydrogen-bond donors (Lipinski definition) is 0. The maximum atomic E-state index is 2.58. The van der Waals surface area contributed by atoms with E-state index in [1.54, 1.807) is 32.7 Å². The van der Waals surface area contributed by atoms with Gasteiger partial charge in [0.25, 0.3) is 0 Å². The maximum absolute atomic E-state index is 2.58. The molecule has 0 aromatic heterocycles. The SMILES string of the molecule is CC1=C([Si](C)(C)C2=C(C)Cc3cccc(C)c32)c2c(C)cccc2C1. The van der Waals surface area contributed by atoms with Gasteiger partial charge >= 0.3 is 0 Å². The van der Waals surface area contributed by atoms with Gasteiger partial charge < -0.3 is 0 Å². The third kappa shape index (κ3) is 2.32. The van der Waals surface area contributed by atoms with Gasteiger partial charge in [-0.3, -0.25) is 0 Å². The Morgan fingerprint density at radius 3 is 1.44 bits per heavy atom. The molecule has 0 radical (unpaired) electrons. The molecule has 2 aliphatic carbocycles. The molecule has 2 aromatic rings. The zero-order chi connectivity index (χ0) is 17.9. The lowest BCUT2D eigenvalue weighted by Gasteiger charge is -2.31. The minimum atomic E-state index is -1.77. The van der Waals surface area contributed by atoms with Gasteiger partial charge in [0.05, 0.1) is 0 Å². The molecule has 0 fully saturated rings. The summed E-state index contributed by atoms with van der Waals surface area (Å²) in [6.07, 6.45) is 2.27. The third-order valence-corrected chi connectivity index (χ3v) is 10.1. The lowest BCUT2D eigenvalue weighted by Crippen LogP contribution is -2.31. The van der Waals surface area contributed by atoms with Crippen LogP contribution in [0.2, 0.25) is 13.1 Å². The molecule has 0 saturated heterocycles. The van der Waals surface area contributed by atoms with Gasteiger partial charge in [0.2, 0.25) is 0 Å². The van der Waals surface area contributed by atoms with E-state index in [4.69, 9.17) is 0 Å². The van der Waals surface area contributed by atoms with Crippen molar-refractivity contribution in [2.75, 3.05) is 0 Å². The Hall–Kier alpha value is -1.86. The Labute approximate surface area is 153 Å². The third-order valence-electron chi connectivity index (χ3n) is 6.23. The monoisotopic (exact) mass is 344 g/mol. The molecule has 0 unspecified atom stereocenters. The molecule has 0 spiro atoms. The van der Waals surface area contributed by atoms with Crippen molar-refractivity contribution >= 4 is 18.5 Å². The van der Waals surface area contributed by atoms with Crippen molar-refractivity contribution in [3.05, 3.63) is 80.9 Å². The van der Waals surface area contributed by atoms with E-state index in [2.05, 4.69) is 77.2 Å². The Morgan fingerprint density at radius 1 is 0.640 bits per heavy atom. The van der Waals surface area contributed by atoms with Crippen LogP contribution in [0.25, 0.3) is 10.4 Å². The van der Waals surface area contributed by atoms with Crippen LogP contribution in [0.1, 0.15) is 47.2 Å². The number of fused-ring (bicyclic) bond motifs is 2. The minimum absolute atomic E-state index is 1.13. The highest BCUT2D eigenvalue weighted by molar-refractivity contribution is 7.09. The fourth-order valence-electron chi connectivity index (χ4n) is 5.46. The molecule has 0 amide bonds. The zero-order valence-electron chi connectivity index (χ0n) is 16.4. The second-order valence-corrected chi connectivity index (χ2v) is 12.8. The van der Waals surface area contributed by atoms with Crippen molar-refractivity contribution in [1.82, 2.24) is 0 Å². The lowest BCUT2D eigenvalue weighted by atomic mass is 10.0. The van der Waals surface area contributed by atoms with Crippen LogP contribution >= 0.6 is 0 Å². The lowest BCUT2D eigenvalue weighted by molar-refractivity contribution is 1.19. The summed E-state index contributed by atoms with van der Waals surface area (Å²) in [5.74, 6) is 0. The molecule has 0 nitrogen and oxygen atoms in total.